The van der Waals surface area contributed by atoms with Crippen LogP contribution >= 0.6 is 0 Å². The summed E-state index contributed by atoms with van der Waals surface area (Å²) in [6.07, 6.45) is 1.83. The molecule has 0 atom stereocenters. The number of carbonyl (C=O) groups is 1. The quantitative estimate of drug-likeness (QED) is 0.799. The predicted molar refractivity (Wildman–Crippen MR) is 77.0 cm³/mol. The number of hydroxylamine groups is 1. The Bertz CT molecular complexity index is 760. The van der Waals surface area contributed by atoms with Gasteiger partial charge in [-0.2, -0.15) is 9.36 Å². The zero-order valence-corrected chi connectivity index (χ0v) is 12.4. The molecule has 0 bridgehead atoms. The number of benzene rings is 1. The van der Waals surface area contributed by atoms with Crippen molar-refractivity contribution in [3.8, 4) is 5.69 Å². The van der Waals surface area contributed by atoms with Crippen molar-refractivity contribution in [2.75, 3.05) is 0 Å². The van der Waals surface area contributed by atoms with E-state index < -0.39 is 0 Å². The second-order valence-electron chi connectivity index (χ2n) is 5.40. The fourth-order valence-corrected chi connectivity index (χ4v) is 2.15. The summed E-state index contributed by atoms with van der Waals surface area (Å²) in [6.45, 7) is 2.07. The van der Waals surface area contributed by atoms with Crippen molar-refractivity contribution in [1.82, 2.24) is 25.3 Å². The molecule has 8 heteroatoms. The van der Waals surface area contributed by atoms with Crippen LogP contribution in [0.25, 0.3) is 5.69 Å². The van der Waals surface area contributed by atoms with Gasteiger partial charge in [0.05, 0.1) is 5.69 Å². The van der Waals surface area contributed by atoms with Gasteiger partial charge in [0.15, 0.2) is 0 Å². The molecule has 0 aliphatic heterocycles. The molecular formula is C14H17N5O3. The number of nitrogens with zero attached hydrogens (tertiary/aromatic N) is 4. The van der Waals surface area contributed by atoms with Crippen molar-refractivity contribution < 1.29 is 9.63 Å². The van der Waals surface area contributed by atoms with Crippen LogP contribution in [0.1, 0.15) is 24.0 Å². The summed E-state index contributed by atoms with van der Waals surface area (Å²) in [5.41, 5.74) is 4.43. The summed E-state index contributed by atoms with van der Waals surface area (Å²) in [4.78, 5) is 28.9. The largest absolute Gasteiger partial charge is 0.368 e. The van der Waals surface area contributed by atoms with Gasteiger partial charge >= 0.3 is 5.69 Å². The van der Waals surface area contributed by atoms with Crippen molar-refractivity contribution >= 4 is 5.91 Å². The van der Waals surface area contributed by atoms with E-state index in [1.54, 1.807) is 6.07 Å². The summed E-state index contributed by atoms with van der Waals surface area (Å²) < 4.78 is 2.37. The molecule has 1 amide bonds. The van der Waals surface area contributed by atoms with E-state index >= 15 is 0 Å². The lowest BCUT2D eigenvalue weighted by Crippen LogP contribution is -2.26. The predicted octanol–water partition coefficient (Wildman–Crippen LogP) is 0.232. The molecule has 0 unspecified atom stereocenters. The van der Waals surface area contributed by atoms with Gasteiger partial charge in [0.2, 0.25) is 5.91 Å². The van der Waals surface area contributed by atoms with Gasteiger partial charge in [-0.15, -0.1) is 0 Å². The molecule has 1 fully saturated rings. The second-order valence-corrected chi connectivity index (χ2v) is 5.40. The summed E-state index contributed by atoms with van der Waals surface area (Å²) in [5.74, 6) is -0.00856. The number of aromatic nitrogens is 4. The first-order chi connectivity index (χ1) is 10.6. The number of hydrogen-bond acceptors (Lipinski definition) is 5. The third-order valence-corrected chi connectivity index (χ3v) is 3.67. The fraction of sp³-hybridized carbons (Fsp3) is 0.429. The van der Waals surface area contributed by atoms with E-state index in [1.165, 1.54) is 11.7 Å². The van der Waals surface area contributed by atoms with Crippen molar-refractivity contribution in [3.63, 3.8) is 0 Å². The van der Waals surface area contributed by atoms with Gasteiger partial charge in [0.1, 0.15) is 6.61 Å². The van der Waals surface area contributed by atoms with E-state index in [9.17, 15) is 9.59 Å². The molecule has 1 aromatic carbocycles. The highest BCUT2D eigenvalue weighted by Crippen LogP contribution is 2.28. The average molecular weight is 303 g/mol. The molecule has 1 aliphatic rings. The standard InChI is InChI=1S/C14H17N5O3/c1-9-4-3-5-12(19-14(21)18(2)16-17-19)11(9)8-22-15-13(20)10-6-7-10/h3-5,10H,6-8H2,1-2H3,(H,15,20). The minimum atomic E-state index is -0.339. The zero-order chi connectivity index (χ0) is 15.7. The van der Waals surface area contributed by atoms with Gasteiger partial charge < -0.3 is 0 Å². The molecule has 1 heterocycles. The van der Waals surface area contributed by atoms with Crippen LogP contribution in [0.5, 0.6) is 0 Å². The summed E-state index contributed by atoms with van der Waals surface area (Å²) >= 11 is 0. The summed E-state index contributed by atoms with van der Waals surface area (Å²) in [5, 5.41) is 7.55. The van der Waals surface area contributed by atoms with E-state index in [2.05, 4.69) is 15.9 Å². The number of tetrazole rings is 1. The van der Waals surface area contributed by atoms with E-state index in [0.29, 0.717) is 5.69 Å². The first-order valence-electron chi connectivity index (χ1n) is 7.07. The van der Waals surface area contributed by atoms with Gasteiger partial charge in [-0.3, -0.25) is 9.63 Å². The number of carbonyl (C=O) groups excluding carboxylic acids is 1. The van der Waals surface area contributed by atoms with Crippen molar-refractivity contribution in [3.05, 3.63) is 39.8 Å². The lowest BCUT2D eigenvalue weighted by Gasteiger charge is -2.12. The molecule has 116 valence electrons. The van der Waals surface area contributed by atoms with Gasteiger partial charge in [-0.05, 0) is 41.8 Å². The van der Waals surface area contributed by atoms with Crippen molar-refractivity contribution in [2.24, 2.45) is 13.0 Å². The van der Waals surface area contributed by atoms with Crippen LogP contribution in [0.15, 0.2) is 23.0 Å². The average Bonchev–Trinajstić information content (AvgIpc) is 3.29. The topological polar surface area (TPSA) is 91.0 Å². The Morgan fingerprint density at radius 1 is 1.41 bits per heavy atom. The minimum Gasteiger partial charge on any atom is -0.273 e. The maximum atomic E-state index is 12.0. The molecule has 1 N–H and O–H groups in total. The lowest BCUT2D eigenvalue weighted by molar-refractivity contribution is -0.135. The monoisotopic (exact) mass is 303 g/mol. The second kappa shape index (κ2) is 5.72. The van der Waals surface area contributed by atoms with Crippen LogP contribution in [0.3, 0.4) is 0 Å². The Hall–Kier alpha value is -2.48. The highest BCUT2D eigenvalue weighted by atomic mass is 16.6. The molecule has 1 aromatic heterocycles. The van der Waals surface area contributed by atoms with Gasteiger partial charge in [0.25, 0.3) is 0 Å². The Labute approximate surface area is 126 Å². The van der Waals surface area contributed by atoms with Crippen LogP contribution in [0, 0.1) is 12.8 Å². The summed E-state index contributed by atoms with van der Waals surface area (Å²) in [6, 6.07) is 5.51. The minimum absolute atomic E-state index is 0.0824. The number of nitrogens with one attached hydrogen (secondary N) is 1. The Morgan fingerprint density at radius 2 is 2.18 bits per heavy atom. The first-order valence-corrected chi connectivity index (χ1v) is 7.07. The van der Waals surface area contributed by atoms with Crippen LogP contribution in [0.4, 0.5) is 0 Å². The fourth-order valence-electron chi connectivity index (χ4n) is 2.15. The SMILES string of the molecule is Cc1cccc(-n2nnn(C)c2=O)c1CONC(=O)C1CC1. The molecule has 1 saturated carbocycles. The molecule has 2 aromatic rings. The number of aryl methyl sites for hydroxylation is 2. The van der Waals surface area contributed by atoms with Crippen LogP contribution in [-0.2, 0) is 23.3 Å². The third-order valence-electron chi connectivity index (χ3n) is 3.67. The molecule has 1 aliphatic carbocycles. The Kier molecular flexibility index (Phi) is 3.76. The van der Waals surface area contributed by atoms with Gasteiger partial charge in [-0.25, -0.2) is 10.3 Å². The van der Waals surface area contributed by atoms with Crippen LogP contribution in [-0.4, -0.2) is 25.7 Å². The molecule has 22 heavy (non-hydrogen) atoms. The van der Waals surface area contributed by atoms with Crippen LogP contribution < -0.4 is 11.2 Å². The lowest BCUT2D eigenvalue weighted by atomic mass is 10.1. The molecular weight excluding hydrogens is 286 g/mol. The Balaban J connectivity index is 1.82. The van der Waals surface area contributed by atoms with Crippen LogP contribution in [0.2, 0.25) is 0 Å². The maximum Gasteiger partial charge on any atom is 0.368 e. The molecule has 0 radical (unpaired) electrons. The van der Waals surface area contributed by atoms with E-state index in [4.69, 9.17) is 4.84 Å². The van der Waals surface area contributed by atoms with Gasteiger partial charge in [0, 0.05) is 18.5 Å². The molecule has 8 nitrogen and oxygen atoms in total. The first kappa shape index (κ1) is 14.5. The van der Waals surface area contributed by atoms with Gasteiger partial charge in [-0.1, -0.05) is 12.1 Å². The highest BCUT2D eigenvalue weighted by Gasteiger charge is 2.29. The highest BCUT2D eigenvalue weighted by molar-refractivity contribution is 5.79. The van der Waals surface area contributed by atoms with Crippen molar-refractivity contribution in [1.29, 1.82) is 0 Å². The molecule has 0 spiro atoms. The summed E-state index contributed by atoms with van der Waals surface area (Å²) in [7, 11) is 1.54. The zero-order valence-electron chi connectivity index (χ0n) is 12.4. The maximum absolute atomic E-state index is 12.0. The van der Waals surface area contributed by atoms with E-state index in [0.717, 1.165) is 28.7 Å². The normalized spacial score (nSPS) is 14.1. The van der Waals surface area contributed by atoms with E-state index in [1.807, 2.05) is 19.1 Å². The number of amides is 1. The van der Waals surface area contributed by atoms with E-state index in [-0.39, 0.29) is 24.1 Å². The number of rotatable bonds is 5. The Morgan fingerprint density at radius 3 is 2.82 bits per heavy atom. The van der Waals surface area contributed by atoms with Crippen molar-refractivity contribution in [2.45, 2.75) is 26.4 Å². The number of hydrogen-bond donors (Lipinski definition) is 1. The molecule has 3 rings (SSSR count). The molecule has 0 saturated heterocycles. The third kappa shape index (κ3) is 2.77. The smallest absolute Gasteiger partial charge is 0.273 e.